The van der Waals surface area contributed by atoms with E-state index < -0.39 is 0 Å². The van der Waals surface area contributed by atoms with Crippen LogP contribution in [0.15, 0.2) is 24.7 Å². The number of carbonyl (C=O) groups excluding carboxylic acids is 1. The van der Waals surface area contributed by atoms with Crippen molar-refractivity contribution >= 4 is 11.6 Å². The van der Waals surface area contributed by atoms with Gasteiger partial charge in [0.15, 0.2) is 0 Å². The standard InChI is InChI=1S/C11H15N5O/c1-15-6-8(12)5-9(15)11(17)16(2)7-10-13-3-4-14-10/h3-6H,7,12H2,1-2H3,(H,13,14). The fraction of sp³-hybridized carbons (Fsp3) is 0.273. The first kappa shape index (κ1) is 11.3. The van der Waals surface area contributed by atoms with Crippen LogP contribution in [0.1, 0.15) is 16.3 Å². The van der Waals surface area contributed by atoms with Gasteiger partial charge in [-0.25, -0.2) is 4.98 Å². The molecule has 0 saturated carbocycles. The smallest absolute Gasteiger partial charge is 0.270 e. The third-order valence-corrected chi connectivity index (χ3v) is 2.53. The monoisotopic (exact) mass is 233 g/mol. The summed E-state index contributed by atoms with van der Waals surface area (Å²) < 4.78 is 1.72. The van der Waals surface area contributed by atoms with E-state index in [-0.39, 0.29) is 5.91 Å². The molecule has 2 rings (SSSR count). The molecule has 17 heavy (non-hydrogen) atoms. The zero-order valence-corrected chi connectivity index (χ0v) is 9.84. The maximum Gasteiger partial charge on any atom is 0.270 e. The van der Waals surface area contributed by atoms with E-state index in [1.165, 1.54) is 0 Å². The first-order chi connectivity index (χ1) is 8.08. The molecule has 0 aliphatic rings. The average Bonchev–Trinajstić information content (AvgIpc) is 2.87. The first-order valence-corrected chi connectivity index (χ1v) is 5.23. The van der Waals surface area contributed by atoms with E-state index in [0.717, 1.165) is 5.82 Å². The number of hydrogen-bond donors (Lipinski definition) is 2. The van der Waals surface area contributed by atoms with E-state index in [9.17, 15) is 4.79 Å². The summed E-state index contributed by atoms with van der Waals surface area (Å²) in [6, 6.07) is 1.67. The van der Waals surface area contributed by atoms with Crippen molar-refractivity contribution in [1.82, 2.24) is 19.4 Å². The molecular formula is C11H15N5O. The topological polar surface area (TPSA) is 79.9 Å². The molecule has 0 radical (unpaired) electrons. The highest BCUT2D eigenvalue weighted by molar-refractivity contribution is 5.93. The van der Waals surface area contributed by atoms with E-state index in [1.807, 2.05) is 0 Å². The summed E-state index contributed by atoms with van der Waals surface area (Å²) in [6.07, 6.45) is 5.11. The van der Waals surface area contributed by atoms with Crippen molar-refractivity contribution < 1.29 is 4.79 Å². The number of aromatic amines is 1. The summed E-state index contributed by atoms with van der Waals surface area (Å²) >= 11 is 0. The minimum Gasteiger partial charge on any atom is -0.397 e. The van der Waals surface area contributed by atoms with Gasteiger partial charge >= 0.3 is 0 Å². The molecule has 0 spiro atoms. The summed E-state index contributed by atoms with van der Waals surface area (Å²) in [7, 11) is 3.53. The molecule has 6 heteroatoms. The number of imidazole rings is 1. The molecule has 90 valence electrons. The van der Waals surface area contributed by atoms with Gasteiger partial charge in [-0.3, -0.25) is 4.79 Å². The van der Waals surface area contributed by atoms with Crippen molar-refractivity contribution in [2.24, 2.45) is 7.05 Å². The van der Waals surface area contributed by atoms with Gasteiger partial charge in [-0.1, -0.05) is 0 Å². The zero-order valence-electron chi connectivity index (χ0n) is 9.84. The normalized spacial score (nSPS) is 10.5. The van der Waals surface area contributed by atoms with Crippen LogP contribution in [0, 0.1) is 0 Å². The SMILES string of the molecule is CN(Cc1ncc[nH]1)C(=O)c1cc(N)cn1C. The molecule has 2 heterocycles. The third-order valence-electron chi connectivity index (χ3n) is 2.53. The van der Waals surface area contributed by atoms with Gasteiger partial charge in [-0.2, -0.15) is 0 Å². The Morgan fingerprint density at radius 2 is 2.41 bits per heavy atom. The van der Waals surface area contributed by atoms with Gasteiger partial charge in [0.2, 0.25) is 0 Å². The number of carbonyl (C=O) groups is 1. The number of aromatic nitrogens is 3. The summed E-state index contributed by atoms with van der Waals surface area (Å²) in [5.41, 5.74) is 6.79. The second-order valence-electron chi connectivity index (χ2n) is 3.97. The molecule has 0 aromatic carbocycles. The van der Waals surface area contributed by atoms with Gasteiger partial charge in [-0.15, -0.1) is 0 Å². The number of nitrogens with zero attached hydrogens (tertiary/aromatic N) is 3. The number of anilines is 1. The summed E-state index contributed by atoms with van der Waals surface area (Å²) in [5, 5.41) is 0. The fourth-order valence-electron chi connectivity index (χ4n) is 1.68. The predicted octanol–water partition coefficient (Wildman–Crippen LogP) is 0.603. The van der Waals surface area contributed by atoms with Gasteiger partial charge in [-0.05, 0) is 6.07 Å². The number of amides is 1. The van der Waals surface area contributed by atoms with Crippen LogP contribution in [0.5, 0.6) is 0 Å². The quantitative estimate of drug-likeness (QED) is 0.814. The maximum absolute atomic E-state index is 12.1. The van der Waals surface area contributed by atoms with Crippen molar-refractivity contribution in [3.05, 3.63) is 36.2 Å². The van der Waals surface area contributed by atoms with E-state index in [0.29, 0.717) is 17.9 Å². The van der Waals surface area contributed by atoms with Crippen molar-refractivity contribution in [2.75, 3.05) is 12.8 Å². The average molecular weight is 233 g/mol. The fourth-order valence-corrected chi connectivity index (χ4v) is 1.68. The summed E-state index contributed by atoms with van der Waals surface area (Å²) in [5.74, 6) is 0.670. The molecule has 2 aromatic heterocycles. The van der Waals surface area contributed by atoms with E-state index in [2.05, 4.69) is 9.97 Å². The van der Waals surface area contributed by atoms with Crippen LogP contribution in [-0.2, 0) is 13.6 Å². The minimum absolute atomic E-state index is 0.0828. The van der Waals surface area contributed by atoms with E-state index in [1.54, 1.807) is 48.2 Å². The Bertz CT molecular complexity index is 514. The zero-order chi connectivity index (χ0) is 12.4. The van der Waals surface area contributed by atoms with Gasteiger partial charge in [0.05, 0.1) is 12.2 Å². The lowest BCUT2D eigenvalue weighted by Crippen LogP contribution is -2.28. The van der Waals surface area contributed by atoms with Crippen molar-refractivity contribution in [3.63, 3.8) is 0 Å². The van der Waals surface area contributed by atoms with Gasteiger partial charge in [0.25, 0.3) is 5.91 Å². The van der Waals surface area contributed by atoms with Gasteiger partial charge in [0, 0.05) is 32.7 Å². The Kier molecular flexibility index (Phi) is 2.86. The number of aryl methyl sites for hydroxylation is 1. The molecule has 0 aliphatic heterocycles. The van der Waals surface area contributed by atoms with Crippen LogP contribution < -0.4 is 5.73 Å². The van der Waals surface area contributed by atoms with Crippen LogP contribution in [-0.4, -0.2) is 32.4 Å². The van der Waals surface area contributed by atoms with Crippen LogP contribution in [0.3, 0.4) is 0 Å². The largest absolute Gasteiger partial charge is 0.397 e. The molecule has 0 atom stereocenters. The van der Waals surface area contributed by atoms with Crippen molar-refractivity contribution in [1.29, 1.82) is 0 Å². The Morgan fingerprint density at radius 1 is 1.65 bits per heavy atom. The minimum atomic E-state index is -0.0828. The van der Waals surface area contributed by atoms with Gasteiger partial charge < -0.3 is 20.2 Å². The van der Waals surface area contributed by atoms with Crippen molar-refractivity contribution in [3.8, 4) is 0 Å². The van der Waals surface area contributed by atoms with Gasteiger partial charge in [0.1, 0.15) is 11.5 Å². The molecule has 0 aliphatic carbocycles. The highest BCUT2D eigenvalue weighted by atomic mass is 16.2. The molecule has 1 amide bonds. The highest BCUT2D eigenvalue weighted by Gasteiger charge is 2.16. The number of nitrogens with two attached hydrogens (primary N) is 1. The summed E-state index contributed by atoms with van der Waals surface area (Å²) in [4.78, 5) is 20.7. The first-order valence-electron chi connectivity index (χ1n) is 5.23. The Morgan fingerprint density at radius 3 is 2.94 bits per heavy atom. The molecule has 0 bridgehead atoms. The van der Waals surface area contributed by atoms with Crippen LogP contribution in [0.2, 0.25) is 0 Å². The predicted molar refractivity (Wildman–Crippen MR) is 64.2 cm³/mol. The Labute approximate surface area is 99.1 Å². The third kappa shape index (κ3) is 2.30. The number of nitrogen functional groups attached to an aromatic ring is 1. The lowest BCUT2D eigenvalue weighted by molar-refractivity contribution is 0.0772. The maximum atomic E-state index is 12.1. The number of rotatable bonds is 3. The number of hydrogen-bond acceptors (Lipinski definition) is 3. The van der Waals surface area contributed by atoms with Crippen LogP contribution >= 0.6 is 0 Å². The summed E-state index contributed by atoms with van der Waals surface area (Å²) in [6.45, 7) is 0.441. The van der Waals surface area contributed by atoms with E-state index >= 15 is 0 Å². The second-order valence-corrected chi connectivity index (χ2v) is 3.97. The van der Waals surface area contributed by atoms with Crippen LogP contribution in [0.4, 0.5) is 5.69 Å². The molecule has 3 N–H and O–H groups in total. The molecule has 0 fully saturated rings. The van der Waals surface area contributed by atoms with Crippen LogP contribution in [0.25, 0.3) is 0 Å². The number of nitrogens with one attached hydrogen (secondary N) is 1. The number of H-pyrrole nitrogens is 1. The highest BCUT2D eigenvalue weighted by Crippen LogP contribution is 2.11. The molecule has 0 unspecified atom stereocenters. The Balaban J connectivity index is 2.12. The Hall–Kier alpha value is -2.24. The molecule has 6 nitrogen and oxygen atoms in total. The van der Waals surface area contributed by atoms with Crippen molar-refractivity contribution in [2.45, 2.75) is 6.54 Å². The molecular weight excluding hydrogens is 218 g/mol. The molecule has 2 aromatic rings. The van der Waals surface area contributed by atoms with E-state index in [4.69, 9.17) is 5.73 Å². The molecule has 0 saturated heterocycles. The lowest BCUT2D eigenvalue weighted by atomic mass is 10.3. The lowest BCUT2D eigenvalue weighted by Gasteiger charge is -2.15. The second kappa shape index (κ2) is 4.32.